The highest BCUT2D eigenvalue weighted by Crippen LogP contribution is 2.31. The SMILES string of the molecule is COc1cc(N[C@H]2CCCN(S(=O)(=O)c3cc([N+](=O)[O-])cc(C)c3C)C2)cc(OC)c1. The normalized spacial score (nSPS) is 17.2. The molecule has 0 radical (unpaired) electrons. The van der Waals surface area contributed by atoms with Crippen molar-refractivity contribution >= 4 is 21.4 Å². The van der Waals surface area contributed by atoms with E-state index < -0.39 is 14.9 Å². The molecule has 2 aromatic carbocycles. The van der Waals surface area contributed by atoms with Gasteiger partial charge in [-0.15, -0.1) is 0 Å². The number of piperidine rings is 1. The molecule has 1 heterocycles. The molecule has 1 atom stereocenters. The van der Waals surface area contributed by atoms with Crippen molar-refractivity contribution in [2.75, 3.05) is 32.6 Å². The van der Waals surface area contributed by atoms with Crippen LogP contribution in [-0.2, 0) is 10.0 Å². The molecule has 2 aromatic rings. The van der Waals surface area contributed by atoms with Gasteiger partial charge in [0.15, 0.2) is 0 Å². The number of rotatable bonds is 7. The first-order valence-electron chi connectivity index (χ1n) is 9.91. The van der Waals surface area contributed by atoms with Gasteiger partial charge in [-0.1, -0.05) is 0 Å². The van der Waals surface area contributed by atoms with E-state index in [2.05, 4.69) is 5.32 Å². The van der Waals surface area contributed by atoms with Crippen LogP contribution in [0, 0.1) is 24.0 Å². The number of hydrogen-bond acceptors (Lipinski definition) is 7. The number of ether oxygens (including phenoxy) is 2. The summed E-state index contributed by atoms with van der Waals surface area (Å²) in [6.07, 6.45) is 1.46. The quantitative estimate of drug-likeness (QED) is 0.509. The minimum Gasteiger partial charge on any atom is -0.497 e. The molecule has 31 heavy (non-hydrogen) atoms. The van der Waals surface area contributed by atoms with E-state index in [9.17, 15) is 18.5 Å². The van der Waals surface area contributed by atoms with Crippen molar-refractivity contribution in [2.45, 2.75) is 37.6 Å². The third-order valence-corrected chi connectivity index (χ3v) is 7.53. The van der Waals surface area contributed by atoms with Crippen LogP contribution in [0.2, 0.25) is 0 Å². The van der Waals surface area contributed by atoms with Gasteiger partial charge in [-0.25, -0.2) is 8.42 Å². The Bertz CT molecular complexity index is 1060. The second-order valence-corrected chi connectivity index (χ2v) is 9.50. The number of nitrogens with zero attached hydrogens (tertiary/aromatic N) is 2. The molecule has 1 saturated heterocycles. The van der Waals surface area contributed by atoms with Gasteiger partial charge in [0.2, 0.25) is 10.0 Å². The predicted octanol–water partition coefficient (Wildman–Crippen LogP) is 3.49. The Kier molecular flexibility index (Phi) is 6.71. The smallest absolute Gasteiger partial charge is 0.271 e. The number of methoxy groups -OCH3 is 2. The van der Waals surface area contributed by atoms with E-state index in [-0.39, 0.29) is 23.2 Å². The van der Waals surface area contributed by atoms with E-state index in [4.69, 9.17) is 9.47 Å². The van der Waals surface area contributed by atoms with Crippen molar-refractivity contribution in [3.63, 3.8) is 0 Å². The van der Waals surface area contributed by atoms with Crippen molar-refractivity contribution in [3.8, 4) is 11.5 Å². The summed E-state index contributed by atoms with van der Waals surface area (Å²) in [7, 11) is -0.750. The highest BCUT2D eigenvalue weighted by molar-refractivity contribution is 7.89. The van der Waals surface area contributed by atoms with Crippen molar-refractivity contribution in [2.24, 2.45) is 0 Å². The van der Waals surface area contributed by atoms with Crippen LogP contribution in [0.25, 0.3) is 0 Å². The van der Waals surface area contributed by atoms with E-state index in [1.54, 1.807) is 34.1 Å². The Balaban J connectivity index is 1.86. The highest BCUT2D eigenvalue weighted by atomic mass is 32.2. The molecule has 0 spiro atoms. The molecule has 0 amide bonds. The molecule has 1 aliphatic rings. The summed E-state index contributed by atoms with van der Waals surface area (Å²) >= 11 is 0. The van der Waals surface area contributed by atoms with Gasteiger partial charge in [-0.3, -0.25) is 10.1 Å². The van der Waals surface area contributed by atoms with Gasteiger partial charge >= 0.3 is 0 Å². The number of aryl methyl sites for hydroxylation is 1. The van der Waals surface area contributed by atoms with E-state index in [1.165, 1.54) is 10.4 Å². The summed E-state index contributed by atoms with van der Waals surface area (Å²) < 4.78 is 38.7. The lowest BCUT2D eigenvalue weighted by atomic mass is 10.1. The van der Waals surface area contributed by atoms with Gasteiger partial charge in [0.1, 0.15) is 11.5 Å². The molecule has 3 rings (SSSR count). The Morgan fingerprint density at radius 1 is 1.10 bits per heavy atom. The first-order valence-corrected chi connectivity index (χ1v) is 11.3. The van der Waals surface area contributed by atoms with Crippen LogP contribution in [0.1, 0.15) is 24.0 Å². The van der Waals surface area contributed by atoms with Crippen molar-refractivity contribution in [1.29, 1.82) is 0 Å². The lowest BCUT2D eigenvalue weighted by molar-refractivity contribution is -0.385. The number of anilines is 1. The largest absolute Gasteiger partial charge is 0.497 e. The van der Waals surface area contributed by atoms with Crippen LogP contribution in [0.4, 0.5) is 11.4 Å². The first-order chi connectivity index (χ1) is 14.6. The zero-order valence-corrected chi connectivity index (χ0v) is 18.9. The topological polar surface area (TPSA) is 111 Å². The molecule has 10 heteroatoms. The van der Waals surface area contributed by atoms with E-state index in [0.717, 1.165) is 18.2 Å². The van der Waals surface area contributed by atoms with Crippen molar-refractivity contribution < 1.29 is 22.8 Å². The zero-order chi connectivity index (χ0) is 22.8. The summed E-state index contributed by atoms with van der Waals surface area (Å²) in [5.74, 6) is 1.26. The summed E-state index contributed by atoms with van der Waals surface area (Å²) in [5, 5.41) is 14.6. The van der Waals surface area contributed by atoms with Crippen LogP contribution in [0.15, 0.2) is 35.2 Å². The van der Waals surface area contributed by atoms with Gasteiger partial charge in [-0.2, -0.15) is 4.31 Å². The molecule has 0 bridgehead atoms. The number of non-ortho nitro benzene ring substituents is 1. The fourth-order valence-corrected chi connectivity index (χ4v) is 5.57. The van der Waals surface area contributed by atoms with Gasteiger partial charge in [0.25, 0.3) is 5.69 Å². The second kappa shape index (κ2) is 9.11. The Morgan fingerprint density at radius 2 is 1.74 bits per heavy atom. The Labute approximate surface area is 182 Å². The molecular weight excluding hydrogens is 422 g/mol. The monoisotopic (exact) mass is 449 g/mol. The van der Waals surface area contributed by atoms with E-state index in [1.807, 2.05) is 12.1 Å². The lowest BCUT2D eigenvalue weighted by Crippen LogP contribution is -2.45. The summed E-state index contributed by atoms with van der Waals surface area (Å²) in [5.41, 5.74) is 1.64. The molecule has 0 saturated carbocycles. The molecule has 0 aliphatic carbocycles. The number of benzene rings is 2. The highest BCUT2D eigenvalue weighted by Gasteiger charge is 2.33. The van der Waals surface area contributed by atoms with Gasteiger partial charge in [0.05, 0.1) is 24.0 Å². The number of sulfonamides is 1. The van der Waals surface area contributed by atoms with Crippen LogP contribution in [0.3, 0.4) is 0 Å². The second-order valence-electron chi connectivity index (χ2n) is 7.59. The third kappa shape index (κ3) is 4.91. The van der Waals surface area contributed by atoms with Crippen LogP contribution >= 0.6 is 0 Å². The first kappa shape index (κ1) is 22.8. The minimum atomic E-state index is -3.88. The summed E-state index contributed by atoms with van der Waals surface area (Å²) in [6, 6.07) is 7.83. The van der Waals surface area contributed by atoms with Gasteiger partial charge in [-0.05, 0) is 37.8 Å². The van der Waals surface area contributed by atoms with E-state index >= 15 is 0 Å². The Hall–Kier alpha value is -2.85. The Morgan fingerprint density at radius 3 is 2.32 bits per heavy atom. The van der Waals surface area contributed by atoms with Gasteiger partial charge in [0, 0.05) is 55.2 Å². The maximum Gasteiger partial charge on any atom is 0.271 e. The third-order valence-electron chi connectivity index (χ3n) is 5.54. The lowest BCUT2D eigenvalue weighted by Gasteiger charge is -2.33. The van der Waals surface area contributed by atoms with Gasteiger partial charge < -0.3 is 14.8 Å². The fourth-order valence-electron chi connectivity index (χ4n) is 3.73. The maximum absolute atomic E-state index is 13.4. The number of hydrogen-bond donors (Lipinski definition) is 1. The minimum absolute atomic E-state index is 0.0112. The number of nitro groups is 1. The van der Waals surface area contributed by atoms with E-state index in [0.29, 0.717) is 35.6 Å². The summed E-state index contributed by atoms with van der Waals surface area (Å²) in [4.78, 5) is 10.7. The number of nitro benzene ring substituents is 1. The fraction of sp³-hybridized carbons (Fsp3) is 0.429. The molecule has 168 valence electrons. The molecular formula is C21H27N3O6S. The summed E-state index contributed by atoms with van der Waals surface area (Å²) in [6.45, 7) is 3.97. The van der Waals surface area contributed by atoms with Crippen LogP contribution in [-0.4, -0.2) is 51.0 Å². The molecule has 1 fully saturated rings. The maximum atomic E-state index is 13.4. The zero-order valence-electron chi connectivity index (χ0n) is 18.0. The van der Waals surface area contributed by atoms with Crippen LogP contribution < -0.4 is 14.8 Å². The molecule has 0 unspecified atom stereocenters. The number of nitrogens with one attached hydrogen (secondary N) is 1. The molecule has 9 nitrogen and oxygen atoms in total. The van der Waals surface area contributed by atoms with Crippen LogP contribution in [0.5, 0.6) is 11.5 Å². The standard InChI is InChI=1S/C21H27N3O6S/c1-14-8-18(24(25)26)11-21(15(14)2)31(27,28)23-7-5-6-16(13-23)22-17-9-19(29-3)12-20(10-17)30-4/h8-12,16,22H,5-7,13H2,1-4H3/t16-/m0/s1. The predicted molar refractivity (Wildman–Crippen MR) is 118 cm³/mol. The van der Waals surface area contributed by atoms with Crippen molar-refractivity contribution in [1.82, 2.24) is 4.31 Å². The molecule has 1 aliphatic heterocycles. The van der Waals surface area contributed by atoms with Crippen molar-refractivity contribution in [3.05, 3.63) is 51.6 Å². The average Bonchev–Trinajstić information content (AvgIpc) is 2.75. The average molecular weight is 450 g/mol. The molecule has 1 N–H and O–H groups in total. The molecule has 0 aromatic heterocycles.